The summed E-state index contributed by atoms with van der Waals surface area (Å²) in [5.41, 5.74) is -0.151. The molecule has 0 spiro atoms. The minimum Gasteiger partial charge on any atom is -0.507 e. The van der Waals surface area contributed by atoms with Crippen LogP contribution in [-0.4, -0.2) is 21.9 Å². The second-order valence-electron chi connectivity index (χ2n) is 7.01. The van der Waals surface area contributed by atoms with Gasteiger partial charge in [0.2, 0.25) is 0 Å². The molecule has 1 unspecified atom stereocenters. The van der Waals surface area contributed by atoms with Crippen molar-refractivity contribution in [2.24, 2.45) is 0 Å². The fourth-order valence-corrected chi connectivity index (χ4v) is 3.77. The minimum absolute atomic E-state index is 0.0716. The number of aliphatic hydroxyl groups is 1. The highest BCUT2D eigenvalue weighted by Crippen LogP contribution is 2.43. The lowest BCUT2D eigenvalue weighted by molar-refractivity contribution is -0.136. The molecule has 1 amide bonds. The van der Waals surface area contributed by atoms with Crippen molar-refractivity contribution >= 4 is 29.0 Å². The zero-order valence-electron chi connectivity index (χ0n) is 15.4. The number of carbonyl (C=O) groups excluding carboxylic acids is 2. The van der Waals surface area contributed by atoms with E-state index >= 15 is 0 Å². The summed E-state index contributed by atoms with van der Waals surface area (Å²) >= 11 is 5.93. The molecule has 1 heterocycles. The molecule has 0 saturated heterocycles. The predicted molar refractivity (Wildman–Crippen MR) is 110 cm³/mol. The summed E-state index contributed by atoms with van der Waals surface area (Å²) in [4.78, 5) is 27.5. The van der Waals surface area contributed by atoms with Crippen LogP contribution < -0.4 is 4.90 Å². The van der Waals surface area contributed by atoms with Gasteiger partial charge in [-0.15, -0.1) is 0 Å². The SMILES string of the molecule is O=C(CC1(O)C(=O)N(Cc2ccc(Cl)cc2)c2ccccc21)c1ccccc1O. The molecule has 6 heteroatoms. The van der Waals surface area contributed by atoms with E-state index in [9.17, 15) is 19.8 Å². The van der Waals surface area contributed by atoms with Crippen LogP contribution in [0, 0.1) is 0 Å². The van der Waals surface area contributed by atoms with Crippen molar-refractivity contribution in [1.82, 2.24) is 0 Å². The molecule has 2 N–H and O–H groups in total. The van der Waals surface area contributed by atoms with Gasteiger partial charge in [-0.2, -0.15) is 0 Å². The van der Waals surface area contributed by atoms with Gasteiger partial charge in [0.1, 0.15) is 5.75 Å². The smallest absolute Gasteiger partial charge is 0.264 e. The van der Waals surface area contributed by atoms with E-state index in [1.54, 1.807) is 48.5 Å². The molecule has 0 aromatic heterocycles. The number of benzene rings is 3. The number of hydrogen-bond donors (Lipinski definition) is 2. The van der Waals surface area contributed by atoms with Crippen LogP contribution in [0.15, 0.2) is 72.8 Å². The number of para-hydroxylation sites is 2. The molecule has 5 nitrogen and oxygen atoms in total. The number of phenols is 1. The maximum absolute atomic E-state index is 13.2. The minimum atomic E-state index is -2.00. The van der Waals surface area contributed by atoms with Crippen molar-refractivity contribution in [3.05, 3.63) is 94.5 Å². The van der Waals surface area contributed by atoms with E-state index < -0.39 is 23.7 Å². The van der Waals surface area contributed by atoms with E-state index in [1.165, 1.54) is 17.0 Å². The van der Waals surface area contributed by atoms with Crippen LogP contribution in [0.25, 0.3) is 0 Å². The lowest BCUT2D eigenvalue weighted by atomic mass is 9.88. The van der Waals surface area contributed by atoms with E-state index in [2.05, 4.69) is 0 Å². The number of amides is 1. The van der Waals surface area contributed by atoms with Crippen LogP contribution in [-0.2, 0) is 16.9 Å². The third kappa shape index (κ3) is 3.39. The lowest BCUT2D eigenvalue weighted by Gasteiger charge is -2.23. The molecule has 3 aromatic carbocycles. The third-order valence-corrected chi connectivity index (χ3v) is 5.37. The number of rotatable bonds is 5. The summed E-state index contributed by atoms with van der Waals surface area (Å²) in [5.74, 6) is -1.27. The summed E-state index contributed by atoms with van der Waals surface area (Å²) in [7, 11) is 0. The summed E-state index contributed by atoms with van der Waals surface area (Å²) in [6.07, 6.45) is -0.461. The van der Waals surface area contributed by atoms with Crippen LogP contribution in [0.5, 0.6) is 5.75 Å². The van der Waals surface area contributed by atoms with Crippen molar-refractivity contribution < 1.29 is 19.8 Å². The van der Waals surface area contributed by atoms with E-state index in [0.717, 1.165) is 5.56 Å². The molecule has 0 bridgehead atoms. The van der Waals surface area contributed by atoms with Gasteiger partial charge in [-0.1, -0.05) is 54.1 Å². The molecule has 0 saturated carbocycles. The zero-order chi connectivity index (χ0) is 20.6. The summed E-state index contributed by atoms with van der Waals surface area (Å²) in [6.45, 7) is 0.236. The second kappa shape index (κ2) is 7.35. The summed E-state index contributed by atoms with van der Waals surface area (Å²) in [6, 6.07) is 20.1. The molecule has 146 valence electrons. The first-order valence-corrected chi connectivity index (χ1v) is 9.47. The van der Waals surface area contributed by atoms with Crippen LogP contribution in [0.2, 0.25) is 5.02 Å². The fourth-order valence-electron chi connectivity index (χ4n) is 3.64. The van der Waals surface area contributed by atoms with E-state index in [1.807, 2.05) is 12.1 Å². The predicted octanol–water partition coefficient (Wildman–Crippen LogP) is 4.05. The van der Waals surface area contributed by atoms with Crippen LogP contribution >= 0.6 is 11.6 Å². The van der Waals surface area contributed by atoms with Crippen molar-refractivity contribution in [2.45, 2.75) is 18.6 Å². The number of fused-ring (bicyclic) bond motifs is 1. The topological polar surface area (TPSA) is 77.8 Å². The Labute approximate surface area is 172 Å². The number of hydrogen-bond acceptors (Lipinski definition) is 4. The zero-order valence-corrected chi connectivity index (χ0v) is 16.1. The Morgan fingerprint density at radius 2 is 1.62 bits per heavy atom. The number of carbonyl (C=O) groups is 2. The van der Waals surface area contributed by atoms with Crippen molar-refractivity contribution in [3.8, 4) is 5.75 Å². The molecule has 1 atom stereocenters. The summed E-state index contributed by atoms with van der Waals surface area (Å²) < 4.78 is 0. The number of phenolic OH excluding ortho intramolecular Hbond substituents is 1. The van der Waals surface area contributed by atoms with Crippen molar-refractivity contribution in [2.75, 3.05) is 4.90 Å². The maximum atomic E-state index is 13.2. The number of ketones is 1. The Balaban J connectivity index is 1.69. The number of anilines is 1. The highest BCUT2D eigenvalue weighted by Gasteiger charge is 2.50. The normalized spacial score (nSPS) is 18.0. The van der Waals surface area contributed by atoms with Gasteiger partial charge in [0.15, 0.2) is 11.4 Å². The molecular weight excluding hydrogens is 390 g/mol. The molecular formula is C23H18ClNO4. The first-order chi connectivity index (χ1) is 13.9. The fraction of sp³-hybridized carbons (Fsp3) is 0.130. The molecule has 29 heavy (non-hydrogen) atoms. The van der Waals surface area contributed by atoms with Gasteiger partial charge in [-0.3, -0.25) is 9.59 Å². The van der Waals surface area contributed by atoms with Crippen LogP contribution in [0.3, 0.4) is 0 Å². The molecule has 4 rings (SSSR count). The molecule has 1 aliphatic rings. The van der Waals surface area contributed by atoms with Crippen LogP contribution in [0.4, 0.5) is 5.69 Å². The molecule has 3 aromatic rings. The Morgan fingerprint density at radius 1 is 0.966 bits per heavy atom. The Morgan fingerprint density at radius 3 is 2.34 bits per heavy atom. The van der Waals surface area contributed by atoms with Gasteiger partial charge in [-0.05, 0) is 35.9 Å². The van der Waals surface area contributed by atoms with Gasteiger partial charge in [-0.25, -0.2) is 0 Å². The Kier molecular flexibility index (Phi) is 4.86. The molecule has 0 radical (unpaired) electrons. The highest BCUT2D eigenvalue weighted by atomic mass is 35.5. The lowest BCUT2D eigenvalue weighted by Crippen LogP contribution is -2.41. The molecule has 1 aliphatic heterocycles. The van der Waals surface area contributed by atoms with E-state index in [4.69, 9.17) is 11.6 Å². The average Bonchev–Trinajstić information content (AvgIpc) is 2.92. The highest BCUT2D eigenvalue weighted by molar-refractivity contribution is 6.30. The number of nitrogens with zero attached hydrogens (tertiary/aromatic N) is 1. The van der Waals surface area contributed by atoms with Crippen molar-refractivity contribution in [1.29, 1.82) is 0 Å². The summed E-state index contributed by atoms with van der Waals surface area (Å²) in [5, 5.41) is 21.9. The van der Waals surface area contributed by atoms with Gasteiger partial charge >= 0.3 is 0 Å². The van der Waals surface area contributed by atoms with Gasteiger partial charge in [0.25, 0.3) is 5.91 Å². The van der Waals surface area contributed by atoms with E-state index in [-0.39, 0.29) is 17.9 Å². The number of Topliss-reactive ketones (excluding diaryl/α,β-unsaturated/α-hetero) is 1. The third-order valence-electron chi connectivity index (χ3n) is 5.11. The van der Waals surface area contributed by atoms with Crippen LogP contribution in [0.1, 0.15) is 27.9 Å². The molecule has 0 fully saturated rings. The van der Waals surface area contributed by atoms with Gasteiger partial charge in [0.05, 0.1) is 24.2 Å². The maximum Gasteiger partial charge on any atom is 0.264 e. The van der Waals surface area contributed by atoms with Gasteiger partial charge < -0.3 is 15.1 Å². The van der Waals surface area contributed by atoms with E-state index in [0.29, 0.717) is 16.3 Å². The Bertz CT molecular complexity index is 1100. The molecule has 0 aliphatic carbocycles. The largest absolute Gasteiger partial charge is 0.507 e. The van der Waals surface area contributed by atoms with Crippen molar-refractivity contribution in [3.63, 3.8) is 0 Å². The second-order valence-corrected chi connectivity index (χ2v) is 7.45. The van der Waals surface area contributed by atoms with Gasteiger partial charge in [0, 0.05) is 10.6 Å². The first kappa shape index (κ1) is 19.2. The number of aromatic hydroxyl groups is 1. The Hall–Kier alpha value is -3.15. The first-order valence-electron chi connectivity index (χ1n) is 9.09. The number of halogens is 1. The monoisotopic (exact) mass is 407 g/mol. The quantitative estimate of drug-likeness (QED) is 0.625. The average molecular weight is 408 g/mol. The standard InChI is InChI=1S/C23H18ClNO4/c24-16-11-9-15(10-12-16)14-25-19-7-3-2-6-18(19)23(29,22(25)28)13-21(27)17-5-1-4-8-20(17)26/h1-12,26,29H,13-14H2.